The zero-order valence-corrected chi connectivity index (χ0v) is 9.55. The van der Waals surface area contributed by atoms with E-state index in [1.54, 1.807) is 12.1 Å². The quantitative estimate of drug-likeness (QED) is 0.748. The van der Waals surface area contributed by atoms with Crippen molar-refractivity contribution >= 4 is 19.7 Å². The lowest BCUT2D eigenvalue weighted by molar-refractivity contribution is 0.588. The van der Waals surface area contributed by atoms with Crippen molar-refractivity contribution in [2.75, 3.05) is 0 Å². The van der Waals surface area contributed by atoms with E-state index in [9.17, 15) is 8.42 Å². The molecule has 0 aliphatic rings. The third kappa shape index (κ3) is 3.00. The summed E-state index contributed by atoms with van der Waals surface area (Å²) in [6.07, 6.45) is 1.36. The van der Waals surface area contributed by atoms with Crippen LogP contribution in [0.2, 0.25) is 0 Å². The van der Waals surface area contributed by atoms with Gasteiger partial charge in [0, 0.05) is 10.7 Å². The lowest BCUT2D eigenvalue weighted by Gasteiger charge is -2.12. The highest BCUT2D eigenvalue weighted by atomic mass is 35.7. The summed E-state index contributed by atoms with van der Waals surface area (Å²) in [4.78, 5) is 0. The van der Waals surface area contributed by atoms with Crippen LogP contribution in [-0.2, 0) is 9.05 Å². The van der Waals surface area contributed by atoms with Gasteiger partial charge in [-0.2, -0.15) is 0 Å². The molecule has 0 radical (unpaired) electrons. The highest BCUT2D eigenvalue weighted by Gasteiger charge is 2.23. The van der Waals surface area contributed by atoms with E-state index in [-0.39, 0.29) is 0 Å². The molecule has 0 bridgehead atoms. The van der Waals surface area contributed by atoms with Crippen molar-refractivity contribution in [3.05, 3.63) is 35.9 Å². The van der Waals surface area contributed by atoms with Crippen molar-refractivity contribution < 1.29 is 8.42 Å². The first-order valence-electron chi connectivity index (χ1n) is 4.54. The van der Waals surface area contributed by atoms with E-state index in [1.165, 1.54) is 0 Å². The average molecular weight is 233 g/mol. The van der Waals surface area contributed by atoms with E-state index in [0.29, 0.717) is 6.42 Å². The predicted molar refractivity (Wildman–Crippen MR) is 58.9 cm³/mol. The van der Waals surface area contributed by atoms with Gasteiger partial charge in [-0.1, -0.05) is 43.7 Å². The minimum absolute atomic E-state index is 0.565. The van der Waals surface area contributed by atoms with Gasteiger partial charge < -0.3 is 0 Å². The summed E-state index contributed by atoms with van der Waals surface area (Å²) in [6, 6.07) is 9.08. The van der Waals surface area contributed by atoms with Gasteiger partial charge in [-0.3, -0.25) is 0 Å². The summed E-state index contributed by atoms with van der Waals surface area (Å²) < 4.78 is 22.6. The van der Waals surface area contributed by atoms with E-state index in [0.717, 1.165) is 12.0 Å². The van der Waals surface area contributed by atoms with Gasteiger partial charge in [0.2, 0.25) is 9.05 Å². The van der Waals surface area contributed by atoms with Crippen LogP contribution in [0.25, 0.3) is 0 Å². The minimum atomic E-state index is -3.51. The van der Waals surface area contributed by atoms with Crippen LogP contribution in [0.5, 0.6) is 0 Å². The fourth-order valence-corrected chi connectivity index (χ4v) is 2.98. The molecule has 1 atom stereocenters. The lowest BCUT2D eigenvalue weighted by Crippen LogP contribution is -2.06. The molecule has 78 valence electrons. The van der Waals surface area contributed by atoms with Crippen molar-refractivity contribution in [1.82, 2.24) is 0 Å². The summed E-state index contributed by atoms with van der Waals surface area (Å²) in [5, 5.41) is -0.574. The number of hydrogen-bond donors (Lipinski definition) is 0. The first-order valence-corrected chi connectivity index (χ1v) is 6.91. The molecule has 0 amide bonds. The number of rotatable bonds is 4. The molecule has 1 aromatic carbocycles. The molecule has 1 unspecified atom stereocenters. The molecule has 0 aliphatic heterocycles. The second-order valence-corrected chi connectivity index (χ2v) is 5.97. The molecule has 0 N–H and O–H groups in total. The van der Waals surface area contributed by atoms with Crippen molar-refractivity contribution in [2.45, 2.75) is 25.0 Å². The maximum atomic E-state index is 11.3. The Balaban J connectivity index is 3.02. The second-order valence-electron chi connectivity index (χ2n) is 3.16. The normalized spacial score (nSPS) is 13.9. The highest BCUT2D eigenvalue weighted by molar-refractivity contribution is 8.13. The molecule has 0 spiro atoms. The van der Waals surface area contributed by atoms with Crippen LogP contribution < -0.4 is 0 Å². The Morgan fingerprint density at radius 3 is 2.29 bits per heavy atom. The highest BCUT2D eigenvalue weighted by Crippen LogP contribution is 2.29. The molecule has 2 nitrogen and oxygen atoms in total. The van der Waals surface area contributed by atoms with Crippen LogP contribution in [-0.4, -0.2) is 8.42 Å². The molecule has 1 aromatic rings. The summed E-state index contributed by atoms with van der Waals surface area (Å²) in [6.45, 7) is 1.94. The van der Waals surface area contributed by atoms with Gasteiger partial charge in [-0.15, -0.1) is 0 Å². The Bertz CT molecular complexity index is 372. The van der Waals surface area contributed by atoms with Crippen LogP contribution in [0.3, 0.4) is 0 Å². The van der Waals surface area contributed by atoms with E-state index in [4.69, 9.17) is 10.7 Å². The van der Waals surface area contributed by atoms with Gasteiger partial charge in [0.25, 0.3) is 0 Å². The second kappa shape index (κ2) is 4.80. The van der Waals surface area contributed by atoms with Crippen LogP contribution in [0.1, 0.15) is 30.6 Å². The molecule has 0 saturated heterocycles. The van der Waals surface area contributed by atoms with Crippen molar-refractivity contribution in [3.8, 4) is 0 Å². The lowest BCUT2D eigenvalue weighted by atomic mass is 10.1. The molecule has 4 heteroatoms. The predicted octanol–water partition coefficient (Wildman–Crippen LogP) is 3.10. The molecule has 0 fully saturated rings. The molecular formula is C10H13ClO2S. The first kappa shape index (κ1) is 11.5. The van der Waals surface area contributed by atoms with E-state index in [2.05, 4.69) is 0 Å². The first-order chi connectivity index (χ1) is 6.55. The smallest absolute Gasteiger partial charge is 0.212 e. The van der Waals surface area contributed by atoms with Gasteiger partial charge in [0.1, 0.15) is 5.25 Å². The molecule has 0 saturated carbocycles. The number of hydrogen-bond acceptors (Lipinski definition) is 2. The van der Waals surface area contributed by atoms with Crippen molar-refractivity contribution in [3.63, 3.8) is 0 Å². The number of benzene rings is 1. The molecule has 0 aromatic heterocycles. The third-order valence-electron chi connectivity index (χ3n) is 2.06. The Morgan fingerprint density at radius 1 is 1.29 bits per heavy atom. The summed E-state index contributed by atoms with van der Waals surface area (Å²) in [7, 11) is 1.88. The SMILES string of the molecule is CCCC(c1ccccc1)S(=O)(=O)Cl. The van der Waals surface area contributed by atoms with Gasteiger partial charge in [-0.25, -0.2) is 8.42 Å². The fraction of sp³-hybridized carbons (Fsp3) is 0.400. The molecule has 1 rings (SSSR count). The van der Waals surface area contributed by atoms with Crippen molar-refractivity contribution in [1.29, 1.82) is 0 Å². The van der Waals surface area contributed by atoms with Crippen LogP contribution in [0.4, 0.5) is 0 Å². The van der Waals surface area contributed by atoms with Crippen LogP contribution >= 0.6 is 10.7 Å². The molecule has 14 heavy (non-hydrogen) atoms. The topological polar surface area (TPSA) is 34.1 Å². The van der Waals surface area contributed by atoms with Crippen LogP contribution in [0.15, 0.2) is 30.3 Å². The molecule has 0 heterocycles. The maximum Gasteiger partial charge on any atom is 0.239 e. The Kier molecular flexibility index (Phi) is 3.96. The van der Waals surface area contributed by atoms with Crippen LogP contribution in [0, 0.1) is 0 Å². The minimum Gasteiger partial charge on any atom is -0.212 e. The van der Waals surface area contributed by atoms with Gasteiger partial charge >= 0.3 is 0 Å². The Labute approximate surface area is 89.3 Å². The average Bonchev–Trinajstić information content (AvgIpc) is 2.14. The van der Waals surface area contributed by atoms with Gasteiger partial charge in [0.15, 0.2) is 0 Å². The van der Waals surface area contributed by atoms with E-state index < -0.39 is 14.3 Å². The van der Waals surface area contributed by atoms with E-state index in [1.807, 2.05) is 25.1 Å². The summed E-state index contributed by atoms with van der Waals surface area (Å²) in [5.74, 6) is 0. The summed E-state index contributed by atoms with van der Waals surface area (Å²) >= 11 is 0. The molecule has 0 aliphatic carbocycles. The third-order valence-corrected chi connectivity index (χ3v) is 3.89. The van der Waals surface area contributed by atoms with Crippen molar-refractivity contribution in [2.24, 2.45) is 0 Å². The largest absolute Gasteiger partial charge is 0.239 e. The van der Waals surface area contributed by atoms with Gasteiger partial charge in [-0.05, 0) is 12.0 Å². The Morgan fingerprint density at radius 2 is 1.86 bits per heavy atom. The monoisotopic (exact) mass is 232 g/mol. The van der Waals surface area contributed by atoms with E-state index >= 15 is 0 Å². The zero-order valence-electron chi connectivity index (χ0n) is 7.98. The standard InChI is InChI=1S/C10H13ClO2S/c1-2-6-10(14(11,12)13)9-7-4-3-5-8-9/h3-5,7-8,10H,2,6H2,1H3. The number of halogens is 1. The summed E-state index contributed by atoms with van der Waals surface area (Å²) in [5.41, 5.74) is 0.768. The maximum absolute atomic E-state index is 11.3. The zero-order chi connectivity index (χ0) is 10.6. The molecular weight excluding hydrogens is 220 g/mol. The fourth-order valence-electron chi connectivity index (χ4n) is 1.40. The Hall–Kier alpha value is -0.540. The van der Waals surface area contributed by atoms with Gasteiger partial charge in [0.05, 0.1) is 0 Å².